The van der Waals surface area contributed by atoms with Crippen LogP contribution in [0.15, 0.2) is 30.3 Å². The molecule has 0 aromatic heterocycles. The third kappa shape index (κ3) is 4.40. The number of nitrogens with one attached hydrogen (secondary N) is 1. The van der Waals surface area contributed by atoms with Gasteiger partial charge >= 0.3 is 0 Å². The molecule has 0 heterocycles. The van der Waals surface area contributed by atoms with Crippen LogP contribution < -0.4 is 5.32 Å². The molecule has 0 aliphatic heterocycles. The van der Waals surface area contributed by atoms with Crippen LogP contribution in [-0.4, -0.2) is 23.8 Å². The Hall–Kier alpha value is -0.860. The van der Waals surface area contributed by atoms with E-state index in [-0.39, 0.29) is 6.10 Å². The molecular weight excluding hydrogens is 174 g/mol. The van der Waals surface area contributed by atoms with Crippen molar-refractivity contribution in [2.45, 2.75) is 32.4 Å². The monoisotopic (exact) mass is 193 g/mol. The summed E-state index contributed by atoms with van der Waals surface area (Å²) in [6.07, 6.45) is 0.737. The summed E-state index contributed by atoms with van der Waals surface area (Å²) in [5.74, 6) is 0. The van der Waals surface area contributed by atoms with E-state index in [1.54, 1.807) is 6.92 Å². The highest BCUT2D eigenvalue weighted by Gasteiger charge is 2.03. The van der Waals surface area contributed by atoms with Crippen molar-refractivity contribution in [3.05, 3.63) is 35.9 Å². The van der Waals surface area contributed by atoms with Crippen LogP contribution >= 0.6 is 0 Å². The third-order valence-electron chi connectivity index (χ3n) is 2.15. The van der Waals surface area contributed by atoms with E-state index in [0.717, 1.165) is 6.42 Å². The maximum atomic E-state index is 9.10. The Morgan fingerprint density at radius 3 is 2.43 bits per heavy atom. The molecule has 1 unspecified atom stereocenters. The Morgan fingerprint density at radius 2 is 1.86 bits per heavy atom. The Balaban J connectivity index is 2.30. The standard InChI is InChI=1S/C12H19NO/c1-10(13-9-11(2)14)8-12-6-4-3-5-7-12/h3-7,10-11,13-14H,8-9H2,1-2H3/t10?,11-/m1/s1. The summed E-state index contributed by atoms with van der Waals surface area (Å²) >= 11 is 0. The lowest BCUT2D eigenvalue weighted by Gasteiger charge is -2.14. The second kappa shape index (κ2) is 5.78. The first-order chi connectivity index (χ1) is 6.68. The summed E-state index contributed by atoms with van der Waals surface area (Å²) in [5.41, 5.74) is 1.33. The SMILES string of the molecule is CC(Cc1ccccc1)NC[C@@H](C)O. The molecule has 0 spiro atoms. The Labute approximate surface area is 86.0 Å². The number of aliphatic hydroxyl groups is 1. The minimum Gasteiger partial charge on any atom is -0.392 e. The molecule has 0 aliphatic carbocycles. The van der Waals surface area contributed by atoms with Crippen LogP contribution in [0.25, 0.3) is 0 Å². The fourth-order valence-corrected chi connectivity index (χ4v) is 1.41. The third-order valence-corrected chi connectivity index (χ3v) is 2.15. The van der Waals surface area contributed by atoms with Crippen LogP contribution in [0.1, 0.15) is 19.4 Å². The molecule has 1 rings (SSSR count). The Kier molecular flexibility index (Phi) is 4.63. The molecular formula is C12H19NO. The van der Waals surface area contributed by atoms with Crippen molar-refractivity contribution in [2.24, 2.45) is 0 Å². The van der Waals surface area contributed by atoms with Crippen molar-refractivity contribution in [1.29, 1.82) is 0 Å². The second-order valence-electron chi connectivity index (χ2n) is 3.85. The lowest BCUT2D eigenvalue weighted by Crippen LogP contribution is -2.33. The fourth-order valence-electron chi connectivity index (χ4n) is 1.41. The molecule has 1 aromatic rings. The van der Waals surface area contributed by atoms with Crippen LogP contribution in [0, 0.1) is 0 Å². The normalized spacial score (nSPS) is 15.1. The van der Waals surface area contributed by atoms with Crippen LogP contribution in [0.4, 0.5) is 0 Å². The molecule has 2 nitrogen and oxygen atoms in total. The highest BCUT2D eigenvalue weighted by molar-refractivity contribution is 5.15. The van der Waals surface area contributed by atoms with Gasteiger partial charge in [-0.15, -0.1) is 0 Å². The number of aliphatic hydroxyl groups excluding tert-OH is 1. The minimum absolute atomic E-state index is 0.270. The molecule has 2 heteroatoms. The molecule has 0 aliphatic rings. The Morgan fingerprint density at radius 1 is 1.21 bits per heavy atom. The summed E-state index contributed by atoms with van der Waals surface area (Å²) in [5, 5.41) is 12.4. The number of hydrogen-bond acceptors (Lipinski definition) is 2. The van der Waals surface area contributed by atoms with Gasteiger partial charge in [0, 0.05) is 12.6 Å². The molecule has 78 valence electrons. The van der Waals surface area contributed by atoms with E-state index in [4.69, 9.17) is 5.11 Å². The zero-order chi connectivity index (χ0) is 10.4. The van der Waals surface area contributed by atoms with Gasteiger partial charge in [-0.1, -0.05) is 30.3 Å². The Bertz CT molecular complexity index is 246. The number of hydrogen-bond donors (Lipinski definition) is 2. The van der Waals surface area contributed by atoms with Crippen molar-refractivity contribution < 1.29 is 5.11 Å². The number of rotatable bonds is 5. The van der Waals surface area contributed by atoms with Crippen LogP contribution in [-0.2, 0) is 6.42 Å². The molecule has 2 N–H and O–H groups in total. The van der Waals surface area contributed by atoms with Crippen LogP contribution in [0.2, 0.25) is 0 Å². The van der Waals surface area contributed by atoms with Crippen LogP contribution in [0.3, 0.4) is 0 Å². The summed E-state index contributed by atoms with van der Waals surface area (Å²) in [6.45, 7) is 4.59. The van der Waals surface area contributed by atoms with Crippen molar-refractivity contribution in [1.82, 2.24) is 5.32 Å². The summed E-state index contributed by atoms with van der Waals surface area (Å²) in [4.78, 5) is 0. The van der Waals surface area contributed by atoms with Gasteiger partial charge in [0.15, 0.2) is 0 Å². The zero-order valence-corrected chi connectivity index (χ0v) is 8.90. The highest BCUT2D eigenvalue weighted by atomic mass is 16.3. The minimum atomic E-state index is -0.270. The predicted octanol–water partition coefficient (Wildman–Crippen LogP) is 1.59. The zero-order valence-electron chi connectivity index (χ0n) is 8.90. The van der Waals surface area contributed by atoms with E-state index in [2.05, 4.69) is 36.5 Å². The highest BCUT2D eigenvalue weighted by Crippen LogP contribution is 2.02. The van der Waals surface area contributed by atoms with E-state index in [0.29, 0.717) is 12.6 Å². The van der Waals surface area contributed by atoms with Crippen molar-refractivity contribution in [3.8, 4) is 0 Å². The quantitative estimate of drug-likeness (QED) is 0.744. The second-order valence-corrected chi connectivity index (χ2v) is 3.85. The van der Waals surface area contributed by atoms with E-state index in [1.165, 1.54) is 5.56 Å². The molecule has 0 saturated carbocycles. The van der Waals surface area contributed by atoms with Crippen molar-refractivity contribution in [3.63, 3.8) is 0 Å². The van der Waals surface area contributed by atoms with Crippen molar-refractivity contribution in [2.75, 3.05) is 6.54 Å². The molecule has 0 amide bonds. The largest absolute Gasteiger partial charge is 0.392 e. The first-order valence-electron chi connectivity index (χ1n) is 5.14. The van der Waals surface area contributed by atoms with E-state index >= 15 is 0 Å². The summed E-state index contributed by atoms with van der Waals surface area (Å²) in [6, 6.07) is 10.8. The first kappa shape index (κ1) is 11.2. The fraction of sp³-hybridized carbons (Fsp3) is 0.500. The molecule has 1 aromatic carbocycles. The van der Waals surface area contributed by atoms with Gasteiger partial charge in [0.1, 0.15) is 0 Å². The molecule has 0 fully saturated rings. The van der Waals surface area contributed by atoms with E-state index < -0.39 is 0 Å². The van der Waals surface area contributed by atoms with Crippen LogP contribution in [0.5, 0.6) is 0 Å². The van der Waals surface area contributed by atoms with Gasteiger partial charge in [-0.2, -0.15) is 0 Å². The van der Waals surface area contributed by atoms with E-state index in [9.17, 15) is 0 Å². The molecule has 0 saturated heterocycles. The van der Waals surface area contributed by atoms with Gasteiger partial charge < -0.3 is 10.4 Å². The van der Waals surface area contributed by atoms with Gasteiger partial charge in [0.2, 0.25) is 0 Å². The maximum Gasteiger partial charge on any atom is 0.0636 e. The average molecular weight is 193 g/mol. The molecule has 14 heavy (non-hydrogen) atoms. The van der Waals surface area contributed by atoms with Gasteiger partial charge in [-0.05, 0) is 25.8 Å². The smallest absolute Gasteiger partial charge is 0.0636 e. The topological polar surface area (TPSA) is 32.3 Å². The van der Waals surface area contributed by atoms with Crippen molar-refractivity contribution >= 4 is 0 Å². The van der Waals surface area contributed by atoms with Gasteiger partial charge in [0.25, 0.3) is 0 Å². The number of benzene rings is 1. The average Bonchev–Trinajstić information content (AvgIpc) is 2.16. The molecule has 0 radical (unpaired) electrons. The maximum absolute atomic E-state index is 9.10. The lowest BCUT2D eigenvalue weighted by molar-refractivity contribution is 0.187. The summed E-state index contributed by atoms with van der Waals surface area (Å²) < 4.78 is 0. The lowest BCUT2D eigenvalue weighted by atomic mass is 10.1. The first-order valence-corrected chi connectivity index (χ1v) is 5.14. The predicted molar refractivity (Wildman–Crippen MR) is 59.3 cm³/mol. The van der Waals surface area contributed by atoms with Gasteiger partial charge in [0.05, 0.1) is 6.10 Å². The molecule has 2 atom stereocenters. The van der Waals surface area contributed by atoms with E-state index in [1.807, 2.05) is 6.07 Å². The molecule has 0 bridgehead atoms. The van der Waals surface area contributed by atoms with Gasteiger partial charge in [-0.3, -0.25) is 0 Å². The summed E-state index contributed by atoms with van der Waals surface area (Å²) in [7, 11) is 0. The van der Waals surface area contributed by atoms with Gasteiger partial charge in [-0.25, -0.2) is 0 Å².